The smallest absolute Gasteiger partial charge is 0.136 e. The molecule has 0 heterocycles. The second-order valence-electron chi connectivity index (χ2n) is 2.57. The van der Waals surface area contributed by atoms with E-state index >= 15 is 0 Å². The Bertz CT molecular complexity index is 287. The number of rotatable bonds is 3. The lowest BCUT2D eigenvalue weighted by Crippen LogP contribution is -2.19. The predicted molar refractivity (Wildman–Crippen MR) is 45.2 cm³/mol. The zero-order chi connectivity index (χ0) is 9.84. The van der Waals surface area contributed by atoms with Crippen LogP contribution in [0.5, 0.6) is 0 Å². The molecule has 0 saturated carbocycles. The zero-order valence-electron chi connectivity index (χ0n) is 7.47. The average molecular weight is 187 g/mol. The molecule has 1 aromatic rings. The van der Waals surface area contributed by atoms with Gasteiger partial charge in [-0.3, -0.25) is 5.32 Å². The van der Waals surface area contributed by atoms with Crippen molar-refractivity contribution in [2.45, 2.75) is 6.23 Å². The fraction of sp³-hybridized carbons (Fsp3) is 0.333. The van der Waals surface area contributed by atoms with E-state index in [2.05, 4.69) is 5.32 Å². The Balaban J connectivity index is 3.03. The van der Waals surface area contributed by atoms with Crippen molar-refractivity contribution in [3.8, 4) is 0 Å². The lowest BCUT2D eigenvalue weighted by molar-refractivity contribution is 0.0775. The molecule has 0 saturated heterocycles. The minimum absolute atomic E-state index is 0.171. The standard InChI is InChI=1S/C9H11F2NO/c1-12-9(13-2)7-5-6(10)3-4-8(7)11/h3-5,9,12H,1-2H3. The summed E-state index contributed by atoms with van der Waals surface area (Å²) in [6, 6.07) is 3.26. The van der Waals surface area contributed by atoms with E-state index < -0.39 is 17.9 Å². The number of nitrogens with one attached hydrogen (secondary N) is 1. The van der Waals surface area contributed by atoms with E-state index in [0.717, 1.165) is 18.2 Å². The summed E-state index contributed by atoms with van der Waals surface area (Å²) in [5, 5.41) is 2.71. The number of hydrogen-bond donors (Lipinski definition) is 1. The molecule has 0 fully saturated rings. The molecule has 1 unspecified atom stereocenters. The van der Waals surface area contributed by atoms with E-state index in [1.54, 1.807) is 7.05 Å². The van der Waals surface area contributed by atoms with Crippen LogP contribution >= 0.6 is 0 Å². The zero-order valence-corrected chi connectivity index (χ0v) is 7.47. The molecule has 0 amide bonds. The van der Waals surface area contributed by atoms with Crippen LogP contribution in [0, 0.1) is 11.6 Å². The highest BCUT2D eigenvalue weighted by Gasteiger charge is 2.13. The molecular formula is C9H11F2NO. The van der Waals surface area contributed by atoms with Crippen molar-refractivity contribution in [3.63, 3.8) is 0 Å². The Morgan fingerprint density at radius 3 is 2.62 bits per heavy atom. The first-order valence-corrected chi connectivity index (χ1v) is 3.84. The van der Waals surface area contributed by atoms with Crippen molar-refractivity contribution in [2.75, 3.05) is 14.2 Å². The van der Waals surface area contributed by atoms with Crippen molar-refractivity contribution in [1.29, 1.82) is 0 Å². The first-order chi connectivity index (χ1) is 6.19. The highest BCUT2D eigenvalue weighted by molar-refractivity contribution is 5.20. The highest BCUT2D eigenvalue weighted by Crippen LogP contribution is 2.18. The van der Waals surface area contributed by atoms with Crippen LogP contribution in [0.3, 0.4) is 0 Å². The summed E-state index contributed by atoms with van der Waals surface area (Å²) < 4.78 is 30.7. The Kier molecular flexibility index (Phi) is 3.33. The topological polar surface area (TPSA) is 21.3 Å². The molecule has 1 rings (SSSR count). The maximum atomic E-state index is 13.1. The molecule has 0 aliphatic rings. The van der Waals surface area contributed by atoms with Crippen LogP contribution < -0.4 is 5.32 Å². The van der Waals surface area contributed by atoms with Crippen molar-refractivity contribution in [3.05, 3.63) is 35.4 Å². The monoisotopic (exact) mass is 187 g/mol. The van der Waals surface area contributed by atoms with Gasteiger partial charge in [0.15, 0.2) is 0 Å². The maximum Gasteiger partial charge on any atom is 0.136 e. The molecule has 0 aromatic heterocycles. The normalized spacial score (nSPS) is 12.9. The van der Waals surface area contributed by atoms with Gasteiger partial charge in [-0.2, -0.15) is 0 Å². The van der Waals surface area contributed by atoms with Gasteiger partial charge in [-0.15, -0.1) is 0 Å². The van der Waals surface area contributed by atoms with Gasteiger partial charge in [0.2, 0.25) is 0 Å². The second-order valence-corrected chi connectivity index (χ2v) is 2.57. The Morgan fingerprint density at radius 2 is 2.08 bits per heavy atom. The van der Waals surface area contributed by atoms with Crippen molar-refractivity contribution < 1.29 is 13.5 Å². The van der Waals surface area contributed by atoms with Gasteiger partial charge in [0.05, 0.1) is 0 Å². The van der Waals surface area contributed by atoms with Gasteiger partial charge in [0.25, 0.3) is 0 Å². The Morgan fingerprint density at radius 1 is 1.38 bits per heavy atom. The molecule has 1 N–H and O–H groups in total. The van der Waals surface area contributed by atoms with Gasteiger partial charge >= 0.3 is 0 Å². The third kappa shape index (κ3) is 2.23. The van der Waals surface area contributed by atoms with Crippen LogP contribution in [-0.2, 0) is 4.74 Å². The summed E-state index contributed by atoms with van der Waals surface area (Å²) in [6.07, 6.45) is -0.615. The quantitative estimate of drug-likeness (QED) is 0.729. The molecule has 1 atom stereocenters. The van der Waals surface area contributed by atoms with Crippen LogP contribution in [-0.4, -0.2) is 14.2 Å². The van der Waals surface area contributed by atoms with Gasteiger partial charge in [-0.1, -0.05) is 0 Å². The maximum absolute atomic E-state index is 13.1. The second kappa shape index (κ2) is 4.30. The van der Waals surface area contributed by atoms with Gasteiger partial charge in [0.1, 0.15) is 17.9 Å². The van der Waals surface area contributed by atoms with E-state index in [9.17, 15) is 8.78 Å². The lowest BCUT2D eigenvalue weighted by Gasteiger charge is -2.14. The average Bonchev–Trinajstić information content (AvgIpc) is 2.13. The summed E-state index contributed by atoms with van der Waals surface area (Å²) in [4.78, 5) is 0. The van der Waals surface area contributed by atoms with Gasteiger partial charge in [0, 0.05) is 12.7 Å². The van der Waals surface area contributed by atoms with Crippen molar-refractivity contribution >= 4 is 0 Å². The Hall–Kier alpha value is -1.00. The molecule has 72 valence electrons. The van der Waals surface area contributed by atoms with E-state index in [4.69, 9.17) is 4.74 Å². The summed E-state index contributed by atoms with van der Waals surface area (Å²) in [6.45, 7) is 0. The highest BCUT2D eigenvalue weighted by atomic mass is 19.1. The fourth-order valence-corrected chi connectivity index (χ4v) is 1.12. The van der Waals surface area contributed by atoms with E-state index in [1.807, 2.05) is 0 Å². The number of ether oxygens (including phenoxy) is 1. The summed E-state index contributed by atoms with van der Waals surface area (Å²) in [7, 11) is 3.03. The summed E-state index contributed by atoms with van der Waals surface area (Å²) >= 11 is 0. The molecule has 0 aliphatic heterocycles. The van der Waals surface area contributed by atoms with Crippen LogP contribution in [0.1, 0.15) is 11.8 Å². The van der Waals surface area contributed by atoms with Crippen LogP contribution in [0.25, 0.3) is 0 Å². The molecule has 0 aliphatic carbocycles. The largest absolute Gasteiger partial charge is 0.362 e. The number of methoxy groups -OCH3 is 1. The summed E-state index contributed by atoms with van der Waals surface area (Å²) in [5.74, 6) is -0.962. The first-order valence-electron chi connectivity index (χ1n) is 3.84. The molecule has 4 heteroatoms. The van der Waals surface area contributed by atoms with Crippen molar-refractivity contribution in [1.82, 2.24) is 5.32 Å². The predicted octanol–water partition coefficient (Wildman–Crippen LogP) is 1.83. The molecule has 1 aromatic carbocycles. The van der Waals surface area contributed by atoms with Gasteiger partial charge in [-0.25, -0.2) is 8.78 Å². The SMILES string of the molecule is CNC(OC)c1cc(F)ccc1F. The summed E-state index contributed by atoms with van der Waals surface area (Å²) in [5.41, 5.74) is 0.171. The lowest BCUT2D eigenvalue weighted by atomic mass is 10.2. The molecule has 13 heavy (non-hydrogen) atoms. The molecule has 0 radical (unpaired) electrons. The number of benzene rings is 1. The number of halogens is 2. The molecule has 2 nitrogen and oxygen atoms in total. The molecular weight excluding hydrogens is 176 g/mol. The minimum Gasteiger partial charge on any atom is -0.362 e. The van der Waals surface area contributed by atoms with Crippen LogP contribution in [0.2, 0.25) is 0 Å². The van der Waals surface area contributed by atoms with E-state index in [1.165, 1.54) is 7.11 Å². The van der Waals surface area contributed by atoms with Crippen LogP contribution in [0.15, 0.2) is 18.2 Å². The number of hydrogen-bond acceptors (Lipinski definition) is 2. The Labute approximate surface area is 75.5 Å². The molecule has 0 spiro atoms. The third-order valence-electron chi connectivity index (χ3n) is 1.74. The van der Waals surface area contributed by atoms with Gasteiger partial charge < -0.3 is 4.74 Å². The fourth-order valence-electron chi connectivity index (χ4n) is 1.12. The van der Waals surface area contributed by atoms with Crippen LogP contribution in [0.4, 0.5) is 8.78 Å². The van der Waals surface area contributed by atoms with Gasteiger partial charge in [-0.05, 0) is 25.2 Å². The minimum atomic E-state index is -0.615. The third-order valence-corrected chi connectivity index (χ3v) is 1.74. The van der Waals surface area contributed by atoms with E-state index in [0.29, 0.717) is 0 Å². The first kappa shape index (κ1) is 10.1. The molecule has 0 bridgehead atoms. The van der Waals surface area contributed by atoms with E-state index in [-0.39, 0.29) is 5.56 Å². The van der Waals surface area contributed by atoms with Crippen molar-refractivity contribution in [2.24, 2.45) is 0 Å².